The van der Waals surface area contributed by atoms with Gasteiger partial charge in [-0.15, -0.1) is 0 Å². The fourth-order valence-corrected chi connectivity index (χ4v) is 5.66. The van der Waals surface area contributed by atoms with E-state index in [2.05, 4.69) is 4.98 Å². The van der Waals surface area contributed by atoms with Gasteiger partial charge >= 0.3 is 5.97 Å². The van der Waals surface area contributed by atoms with Crippen LogP contribution in [0.2, 0.25) is 0 Å². The Morgan fingerprint density at radius 3 is 2.44 bits per heavy atom. The first-order valence-electron chi connectivity index (χ1n) is 10.3. The number of carboxylic acids is 1. The first-order chi connectivity index (χ1) is 16.3. The molecule has 3 N–H and O–H groups in total. The van der Waals surface area contributed by atoms with E-state index in [1.165, 1.54) is 44.6 Å². The lowest BCUT2D eigenvalue weighted by molar-refractivity contribution is 0.0691. The molecule has 2 aromatic heterocycles. The van der Waals surface area contributed by atoms with E-state index < -0.39 is 15.8 Å². The highest BCUT2D eigenvalue weighted by molar-refractivity contribution is 7.91. The third kappa shape index (κ3) is 4.01. The number of methoxy groups -OCH3 is 1. The van der Waals surface area contributed by atoms with Gasteiger partial charge < -0.3 is 20.0 Å². The molecule has 34 heavy (non-hydrogen) atoms. The Kier molecular flexibility index (Phi) is 6.12. The number of nitrogens with two attached hydrogens (primary N) is 1. The van der Waals surface area contributed by atoms with Crippen molar-refractivity contribution in [1.29, 1.82) is 0 Å². The highest BCUT2D eigenvalue weighted by Crippen LogP contribution is 2.42. The molecule has 4 rings (SSSR count). The highest BCUT2D eigenvalue weighted by atomic mass is 32.2. The number of benzene rings is 2. The number of anilines is 1. The predicted molar refractivity (Wildman–Crippen MR) is 126 cm³/mol. The van der Waals surface area contributed by atoms with Crippen LogP contribution in [0.4, 0.5) is 5.69 Å². The number of aromatic carboxylic acids is 1. The molecule has 2 aromatic carbocycles. The second-order valence-corrected chi connectivity index (χ2v) is 9.48. The Hall–Kier alpha value is -4.11. The molecule has 174 valence electrons. The number of hydrogen-bond acceptors (Lipinski definition) is 7. The standard InChI is InChI=1S/C25H22N2O6S/c1-15-23(26)21(20-6-4-12-33-20)19(13-16-5-3-11-27-14-16)22(25(28)29)24(15)34(30,31)18-9-7-17(32-2)8-10-18/h3-12,14H,13,26H2,1-2H3,(H,28,29). The second kappa shape index (κ2) is 9.03. The fourth-order valence-electron chi connectivity index (χ4n) is 3.94. The van der Waals surface area contributed by atoms with E-state index in [0.29, 0.717) is 22.6 Å². The smallest absolute Gasteiger partial charge is 0.337 e. The molecule has 0 atom stereocenters. The van der Waals surface area contributed by atoms with Crippen LogP contribution in [0.5, 0.6) is 5.75 Å². The molecule has 9 heteroatoms. The molecule has 0 radical (unpaired) electrons. The minimum Gasteiger partial charge on any atom is -0.497 e. The van der Waals surface area contributed by atoms with Crippen LogP contribution in [0, 0.1) is 6.92 Å². The molecule has 2 heterocycles. The SMILES string of the molecule is COc1ccc(S(=O)(=O)c2c(C)c(N)c(-c3ccco3)c(Cc3cccnc3)c2C(=O)O)cc1. The summed E-state index contributed by atoms with van der Waals surface area (Å²) in [6.07, 6.45) is 4.71. The lowest BCUT2D eigenvalue weighted by Crippen LogP contribution is -2.18. The van der Waals surface area contributed by atoms with Crippen molar-refractivity contribution in [2.75, 3.05) is 12.8 Å². The molecule has 4 aromatic rings. The molecule has 0 bridgehead atoms. The quantitative estimate of drug-likeness (QED) is 0.374. The molecule has 0 saturated carbocycles. The summed E-state index contributed by atoms with van der Waals surface area (Å²) in [5, 5.41) is 10.3. The summed E-state index contributed by atoms with van der Waals surface area (Å²) in [4.78, 5) is 16.3. The summed E-state index contributed by atoms with van der Waals surface area (Å²) in [7, 11) is -2.79. The van der Waals surface area contributed by atoms with E-state index in [1.807, 2.05) is 0 Å². The number of carboxylic acid groups (broad SMARTS) is 1. The number of hydrogen-bond donors (Lipinski definition) is 2. The minimum absolute atomic E-state index is 0.0728. The van der Waals surface area contributed by atoms with Gasteiger partial charge in [0.25, 0.3) is 0 Å². The maximum atomic E-state index is 13.7. The second-order valence-electron chi connectivity index (χ2n) is 7.60. The van der Waals surface area contributed by atoms with Crippen molar-refractivity contribution in [3.05, 3.63) is 89.4 Å². The molecule has 0 unspecified atom stereocenters. The summed E-state index contributed by atoms with van der Waals surface area (Å²) in [6.45, 7) is 1.50. The van der Waals surface area contributed by atoms with Crippen LogP contribution in [0.15, 0.2) is 81.4 Å². The molecule has 0 fully saturated rings. The fraction of sp³-hybridized carbons (Fsp3) is 0.120. The Bertz CT molecular complexity index is 1450. The Labute approximate surface area is 196 Å². The van der Waals surface area contributed by atoms with Crippen LogP contribution < -0.4 is 10.5 Å². The van der Waals surface area contributed by atoms with Crippen molar-refractivity contribution in [3.8, 4) is 17.1 Å². The molecule has 8 nitrogen and oxygen atoms in total. The molecule has 0 spiro atoms. The van der Waals surface area contributed by atoms with Gasteiger partial charge in [0.2, 0.25) is 9.84 Å². The third-order valence-corrected chi connectivity index (χ3v) is 7.51. The predicted octanol–water partition coefficient (Wildman–Crippen LogP) is 4.36. The lowest BCUT2D eigenvalue weighted by Gasteiger charge is -2.21. The van der Waals surface area contributed by atoms with Gasteiger partial charge in [-0.3, -0.25) is 4.98 Å². The van der Waals surface area contributed by atoms with E-state index in [0.717, 1.165) is 0 Å². The molecule has 0 aliphatic heterocycles. The number of carbonyl (C=O) groups is 1. The number of aromatic nitrogens is 1. The Morgan fingerprint density at radius 2 is 1.88 bits per heavy atom. The third-order valence-electron chi connectivity index (χ3n) is 5.57. The summed E-state index contributed by atoms with van der Waals surface area (Å²) in [6, 6.07) is 12.5. The summed E-state index contributed by atoms with van der Waals surface area (Å²) >= 11 is 0. The van der Waals surface area contributed by atoms with Crippen LogP contribution in [0.25, 0.3) is 11.3 Å². The topological polar surface area (TPSA) is 133 Å². The van der Waals surface area contributed by atoms with Crippen LogP contribution in [0.3, 0.4) is 0 Å². The van der Waals surface area contributed by atoms with E-state index in [4.69, 9.17) is 14.9 Å². The van der Waals surface area contributed by atoms with E-state index in [9.17, 15) is 18.3 Å². The van der Waals surface area contributed by atoms with E-state index in [-0.39, 0.29) is 38.6 Å². The number of ether oxygens (including phenoxy) is 1. The number of nitrogen functional groups attached to an aromatic ring is 1. The molecule has 0 aliphatic rings. The van der Waals surface area contributed by atoms with Gasteiger partial charge in [0.1, 0.15) is 11.5 Å². The van der Waals surface area contributed by atoms with Gasteiger partial charge in [0, 0.05) is 30.1 Å². The lowest BCUT2D eigenvalue weighted by atomic mass is 9.90. The van der Waals surface area contributed by atoms with Crippen molar-refractivity contribution in [2.45, 2.75) is 23.1 Å². The maximum absolute atomic E-state index is 13.7. The molecule has 0 amide bonds. The normalized spacial score (nSPS) is 11.4. The van der Waals surface area contributed by atoms with Gasteiger partial charge in [-0.1, -0.05) is 6.07 Å². The highest BCUT2D eigenvalue weighted by Gasteiger charge is 2.34. The van der Waals surface area contributed by atoms with Crippen LogP contribution in [-0.4, -0.2) is 31.6 Å². The van der Waals surface area contributed by atoms with Crippen molar-refractivity contribution >= 4 is 21.5 Å². The Morgan fingerprint density at radius 1 is 1.15 bits per heavy atom. The molecular weight excluding hydrogens is 456 g/mol. The zero-order valence-corrected chi connectivity index (χ0v) is 19.3. The van der Waals surface area contributed by atoms with Gasteiger partial charge in [0.05, 0.1) is 28.7 Å². The number of pyridine rings is 1. The van der Waals surface area contributed by atoms with Gasteiger partial charge in [-0.05, 0) is 66.1 Å². The zero-order valence-electron chi connectivity index (χ0n) is 18.5. The monoisotopic (exact) mass is 478 g/mol. The average Bonchev–Trinajstić information content (AvgIpc) is 3.36. The van der Waals surface area contributed by atoms with Gasteiger partial charge in [0.15, 0.2) is 0 Å². The maximum Gasteiger partial charge on any atom is 0.337 e. The summed E-state index contributed by atoms with van der Waals surface area (Å²) in [5.41, 5.74) is 7.64. The van der Waals surface area contributed by atoms with Gasteiger partial charge in [-0.2, -0.15) is 0 Å². The van der Waals surface area contributed by atoms with E-state index in [1.54, 1.807) is 36.7 Å². The first kappa shape index (κ1) is 23.1. The summed E-state index contributed by atoms with van der Waals surface area (Å²) in [5.74, 6) is -0.573. The number of furan rings is 1. The Balaban J connectivity index is 2.07. The summed E-state index contributed by atoms with van der Waals surface area (Å²) < 4.78 is 38.1. The number of sulfone groups is 1. The van der Waals surface area contributed by atoms with Gasteiger partial charge in [-0.25, -0.2) is 13.2 Å². The van der Waals surface area contributed by atoms with Crippen molar-refractivity contribution < 1.29 is 27.5 Å². The largest absolute Gasteiger partial charge is 0.497 e. The zero-order chi connectivity index (χ0) is 24.5. The minimum atomic E-state index is -4.26. The van der Waals surface area contributed by atoms with Crippen LogP contribution in [-0.2, 0) is 16.3 Å². The first-order valence-corrected chi connectivity index (χ1v) is 11.7. The molecule has 0 saturated heterocycles. The number of rotatable bonds is 7. The number of nitrogens with zero attached hydrogens (tertiary/aromatic N) is 1. The van der Waals surface area contributed by atoms with Crippen molar-refractivity contribution in [3.63, 3.8) is 0 Å². The van der Waals surface area contributed by atoms with E-state index >= 15 is 0 Å². The molecular formula is C25H22N2O6S. The van der Waals surface area contributed by atoms with Crippen LogP contribution >= 0.6 is 0 Å². The van der Waals surface area contributed by atoms with Crippen molar-refractivity contribution in [2.24, 2.45) is 0 Å². The molecule has 0 aliphatic carbocycles. The van der Waals surface area contributed by atoms with Crippen molar-refractivity contribution in [1.82, 2.24) is 4.98 Å². The average molecular weight is 479 g/mol. The van der Waals surface area contributed by atoms with Crippen LogP contribution in [0.1, 0.15) is 27.0 Å².